The van der Waals surface area contributed by atoms with E-state index in [2.05, 4.69) is 4.98 Å². The summed E-state index contributed by atoms with van der Waals surface area (Å²) < 4.78 is 63.4. The molecule has 0 fully saturated rings. The molecule has 0 amide bonds. The third-order valence-electron chi connectivity index (χ3n) is 6.02. The van der Waals surface area contributed by atoms with Crippen molar-refractivity contribution in [3.05, 3.63) is 88.0 Å². The summed E-state index contributed by atoms with van der Waals surface area (Å²) in [5.74, 6) is 1.41. The Morgan fingerprint density at radius 3 is 2.35 bits per heavy atom. The summed E-state index contributed by atoms with van der Waals surface area (Å²) >= 11 is 0. The molecule has 4 aromatic rings. The molecule has 0 spiro atoms. The third kappa shape index (κ3) is 4.83. The average molecular weight is 527 g/mol. The number of ether oxygens (including phenoxy) is 4. The number of sulfonamides is 1. The van der Waals surface area contributed by atoms with Crippen LogP contribution in [0.25, 0.3) is 10.9 Å². The van der Waals surface area contributed by atoms with Crippen molar-refractivity contribution in [2.75, 3.05) is 21.0 Å². The van der Waals surface area contributed by atoms with Gasteiger partial charge in [0.05, 0.1) is 24.6 Å². The summed E-state index contributed by atoms with van der Waals surface area (Å²) in [5, 5.41) is 0.634. The van der Waals surface area contributed by atoms with Gasteiger partial charge in [0.1, 0.15) is 5.82 Å². The van der Waals surface area contributed by atoms with Gasteiger partial charge in [0.25, 0.3) is 5.56 Å². The molecule has 0 bridgehead atoms. The van der Waals surface area contributed by atoms with E-state index in [9.17, 15) is 17.6 Å². The van der Waals surface area contributed by atoms with Crippen molar-refractivity contribution in [3.63, 3.8) is 0 Å². The minimum atomic E-state index is -4.12. The summed E-state index contributed by atoms with van der Waals surface area (Å²) in [5.41, 5.74) is 0.893. The summed E-state index contributed by atoms with van der Waals surface area (Å²) in [4.78, 5) is 15.7. The van der Waals surface area contributed by atoms with Crippen LogP contribution >= 0.6 is 0 Å². The maximum atomic E-state index is 13.6. The largest absolute Gasteiger partial charge is 0.493 e. The smallest absolute Gasteiger partial charge is 0.252 e. The molecule has 9 nitrogen and oxygen atoms in total. The van der Waals surface area contributed by atoms with Gasteiger partial charge in [-0.2, -0.15) is 4.31 Å². The van der Waals surface area contributed by atoms with E-state index in [-0.39, 0.29) is 30.3 Å². The van der Waals surface area contributed by atoms with Crippen molar-refractivity contribution in [1.82, 2.24) is 9.29 Å². The second-order valence-electron chi connectivity index (χ2n) is 8.33. The lowest BCUT2D eigenvalue weighted by atomic mass is 10.1. The van der Waals surface area contributed by atoms with Crippen LogP contribution in [-0.4, -0.2) is 38.7 Å². The summed E-state index contributed by atoms with van der Waals surface area (Å²) in [6, 6.07) is 14.6. The van der Waals surface area contributed by atoms with Gasteiger partial charge >= 0.3 is 0 Å². The van der Waals surface area contributed by atoms with Crippen molar-refractivity contribution >= 4 is 20.9 Å². The van der Waals surface area contributed by atoms with E-state index in [1.54, 1.807) is 36.4 Å². The monoisotopic (exact) mass is 526 g/mol. The van der Waals surface area contributed by atoms with Crippen molar-refractivity contribution in [3.8, 4) is 23.0 Å². The van der Waals surface area contributed by atoms with Gasteiger partial charge in [0, 0.05) is 30.1 Å². The highest BCUT2D eigenvalue weighted by Crippen LogP contribution is 2.34. The van der Waals surface area contributed by atoms with E-state index in [1.807, 2.05) is 0 Å². The fourth-order valence-electron chi connectivity index (χ4n) is 4.11. The van der Waals surface area contributed by atoms with Crippen LogP contribution in [0.15, 0.2) is 70.4 Å². The van der Waals surface area contributed by atoms with E-state index < -0.39 is 21.4 Å². The summed E-state index contributed by atoms with van der Waals surface area (Å²) in [6.45, 7) is -0.232. The van der Waals surface area contributed by atoms with E-state index in [0.717, 1.165) is 16.4 Å². The predicted molar refractivity (Wildman–Crippen MR) is 133 cm³/mol. The number of aromatic amines is 1. The van der Waals surface area contributed by atoms with Crippen molar-refractivity contribution in [2.24, 2.45) is 0 Å². The average Bonchev–Trinajstić information content (AvgIpc) is 3.36. The van der Waals surface area contributed by atoms with Gasteiger partial charge in [-0.1, -0.05) is 6.07 Å². The molecule has 1 aliphatic heterocycles. The number of nitrogens with zero attached hydrogens (tertiary/aromatic N) is 1. The van der Waals surface area contributed by atoms with E-state index >= 15 is 0 Å². The number of fused-ring (bicyclic) bond motifs is 2. The lowest BCUT2D eigenvalue weighted by Gasteiger charge is -2.23. The van der Waals surface area contributed by atoms with Crippen LogP contribution in [0.3, 0.4) is 0 Å². The van der Waals surface area contributed by atoms with Crippen LogP contribution < -0.4 is 24.5 Å². The summed E-state index contributed by atoms with van der Waals surface area (Å²) in [7, 11) is -1.14. The molecule has 0 saturated heterocycles. The number of hydrogen-bond acceptors (Lipinski definition) is 7. The van der Waals surface area contributed by atoms with Crippen LogP contribution in [0, 0.1) is 5.82 Å². The molecule has 37 heavy (non-hydrogen) atoms. The minimum Gasteiger partial charge on any atom is -0.493 e. The molecular weight excluding hydrogens is 503 g/mol. The lowest BCUT2D eigenvalue weighted by molar-refractivity contribution is 0.174. The molecule has 0 saturated carbocycles. The predicted octanol–water partition coefficient (Wildman–Crippen LogP) is 3.80. The molecule has 0 atom stereocenters. The molecule has 1 N–H and O–H groups in total. The number of aromatic nitrogens is 1. The van der Waals surface area contributed by atoms with Gasteiger partial charge in [-0.3, -0.25) is 4.79 Å². The van der Waals surface area contributed by atoms with Gasteiger partial charge < -0.3 is 23.9 Å². The van der Waals surface area contributed by atoms with Crippen molar-refractivity contribution in [2.45, 2.75) is 18.0 Å². The highest BCUT2D eigenvalue weighted by molar-refractivity contribution is 7.89. The molecule has 2 heterocycles. The quantitative estimate of drug-likeness (QED) is 0.372. The Kier molecular flexibility index (Phi) is 6.48. The van der Waals surface area contributed by atoms with Gasteiger partial charge in [-0.25, -0.2) is 12.8 Å². The van der Waals surface area contributed by atoms with E-state index in [1.165, 1.54) is 26.4 Å². The maximum absolute atomic E-state index is 13.6. The zero-order valence-corrected chi connectivity index (χ0v) is 20.8. The Labute approximate surface area is 212 Å². The van der Waals surface area contributed by atoms with Crippen molar-refractivity contribution in [1.29, 1.82) is 0 Å². The first-order valence-electron chi connectivity index (χ1n) is 11.2. The molecule has 1 aliphatic rings. The van der Waals surface area contributed by atoms with Gasteiger partial charge in [0.2, 0.25) is 16.8 Å². The number of methoxy groups -OCH3 is 2. The zero-order valence-electron chi connectivity index (χ0n) is 20.0. The first-order chi connectivity index (χ1) is 17.8. The number of pyridine rings is 1. The molecule has 3 aromatic carbocycles. The highest BCUT2D eigenvalue weighted by atomic mass is 32.2. The normalized spacial score (nSPS) is 12.8. The Morgan fingerprint density at radius 1 is 0.919 bits per heavy atom. The van der Waals surface area contributed by atoms with Crippen LogP contribution in [0.4, 0.5) is 4.39 Å². The Hall–Kier alpha value is -4.09. The fourth-order valence-corrected chi connectivity index (χ4v) is 5.52. The second kappa shape index (κ2) is 9.75. The molecule has 5 rings (SSSR count). The van der Waals surface area contributed by atoms with Crippen LogP contribution in [-0.2, 0) is 23.1 Å². The number of rotatable bonds is 8. The number of H-pyrrole nitrogens is 1. The zero-order chi connectivity index (χ0) is 26.2. The Bertz CT molecular complexity index is 1640. The van der Waals surface area contributed by atoms with Gasteiger partial charge in [-0.15, -0.1) is 0 Å². The lowest BCUT2D eigenvalue weighted by Crippen LogP contribution is -2.32. The molecule has 0 radical (unpaired) electrons. The molecule has 0 aliphatic carbocycles. The first kappa shape index (κ1) is 24.6. The topological polar surface area (TPSA) is 107 Å². The molecular formula is C26H23FN2O7S. The van der Waals surface area contributed by atoms with Gasteiger partial charge in [0.15, 0.2) is 23.0 Å². The number of nitrogens with one attached hydrogen (secondary N) is 1. The number of benzene rings is 3. The molecule has 192 valence electrons. The number of halogens is 1. The minimum absolute atomic E-state index is 0.0697. The van der Waals surface area contributed by atoms with Crippen LogP contribution in [0.1, 0.15) is 11.1 Å². The van der Waals surface area contributed by atoms with Gasteiger partial charge in [-0.05, 0) is 54.1 Å². The van der Waals surface area contributed by atoms with Crippen LogP contribution in [0.5, 0.6) is 23.0 Å². The second-order valence-corrected chi connectivity index (χ2v) is 10.3. The molecule has 0 unspecified atom stereocenters. The van der Waals surface area contributed by atoms with Crippen molar-refractivity contribution < 1.29 is 31.8 Å². The first-order valence-corrected chi connectivity index (χ1v) is 12.6. The fraction of sp³-hybridized carbons (Fsp3) is 0.192. The van der Waals surface area contributed by atoms with Crippen LogP contribution in [0.2, 0.25) is 0 Å². The maximum Gasteiger partial charge on any atom is 0.252 e. The number of hydrogen-bond donors (Lipinski definition) is 1. The molecule has 1 aromatic heterocycles. The Balaban J connectivity index is 1.56. The van der Waals surface area contributed by atoms with E-state index in [0.29, 0.717) is 39.5 Å². The molecule has 11 heteroatoms. The summed E-state index contributed by atoms with van der Waals surface area (Å²) in [6.07, 6.45) is 0. The third-order valence-corrected chi connectivity index (χ3v) is 7.83. The highest BCUT2D eigenvalue weighted by Gasteiger charge is 2.27. The standard InChI is InChI=1S/C26H23FN2O7S/c1-33-23-11-17-10-18(26(30)28-21(17)12-24(23)34-2)14-29(37(31,32)20-6-4-19(27)5-7-20)13-16-3-8-22-25(9-16)36-15-35-22/h3-12H,13-15H2,1-2H3,(H,28,30). The SMILES string of the molecule is COc1cc2cc(CN(Cc3ccc4c(c3)OCO4)S(=O)(=O)c3ccc(F)cc3)c(=O)[nH]c2cc1OC. The van der Waals surface area contributed by atoms with E-state index in [4.69, 9.17) is 18.9 Å². The Morgan fingerprint density at radius 2 is 1.62 bits per heavy atom.